The average Bonchev–Trinajstić information content (AvgIpc) is 2.42. The van der Waals surface area contributed by atoms with Crippen LogP contribution in [0.25, 0.3) is 0 Å². The summed E-state index contributed by atoms with van der Waals surface area (Å²) in [6.45, 7) is 2.46. The van der Waals surface area contributed by atoms with E-state index in [1.807, 2.05) is 11.9 Å². The van der Waals surface area contributed by atoms with E-state index in [1.54, 1.807) is 0 Å². The molecule has 1 aromatic carbocycles. The van der Waals surface area contributed by atoms with E-state index in [9.17, 15) is 13.6 Å². The van der Waals surface area contributed by atoms with Crippen LogP contribution in [-0.2, 0) is 0 Å². The highest BCUT2D eigenvalue weighted by Crippen LogP contribution is 2.27. The molecule has 110 valence electrons. The third-order valence-electron chi connectivity index (χ3n) is 4.27. The van der Waals surface area contributed by atoms with Gasteiger partial charge in [-0.2, -0.15) is 0 Å². The number of ketones is 1. The summed E-state index contributed by atoms with van der Waals surface area (Å²) in [5, 5.41) is 0. The fraction of sp³-hybridized carbons (Fsp3) is 0.562. The first-order valence-electron chi connectivity index (χ1n) is 7.17. The molecule has 2 atom stereocenters. The van der Waals surface area contributed by atoms with Crippen LogP contribution in [0.2, 0.25) is 0 Å². The van der Waals surface area contributed by atoms with Gasteiger partial charge >= 0.3 is 0 Å². The number of hydrogen-bond acceptors (Lipinski definition) is 2. The molecule has 4 heteroatoms. The van der Waals surface area contributed by atoms with Crippen molar-refractivity contribution in [3.63, 3.8) is 0 Å². The van der Waals surface area contributed by atoms with Crippen LogP contribution in [0.4, 0.5) is 8.78 Å². The predicted octanol–water partition coefficient (Wildman–Crippen LogP) is 3.66. The Morgan fingerprint density at radius 2 is 1.95 bits per heavy atom. The highest BCUT2D eigenvalue weighted by Gasteiger charge is 2.26. The van der Waals surface area contributed by atoms with E-state index in [-0.39, 0.29) is 17.9 Å². The molecule has 2 nitrogen and oxygen atoms in total. The van der Waals surface area contributed by atoms with Gasteiger partial charge in [0, 0.05) is 11.6 Å². The van der Waals surface area contributed by atoms with Gasteiger partial charge in [0.1, 0.15) is 0 Å². The molecule has 1 fully saturated rings. The number of Topliss-reactive ketones (excluding diaryl/α,β-unsaturated/α-hetero) is 1. The standard InChI is InChI=1S/C16H21F2NO/c1-11-5-3-4-6-15(11)19(2)10-16(20)12-7-8-13(17)14(18)9-12/h7-9,11,15H,3-6,10H2,1-2H3. The molecule has 1 aliphatic carbocycles. The Morgan fingerprint density at radius 3 is 2.60 bits per heavy atom. The van der Waals surface area contributed by atoms with Gasteiger partial charge in [-0.05, 0) is 44.0 Å². The number of rotatable bonds is 4. The zero-order valence-corrected chi connectivity index (χ0v) is 12.0. The summed E-state index contributed by atoms with van der Waals surface area (Å²) in [6, 6.07) is 3.73. The van der Waals surface area contributed by atoms with Crippen LogP contribution in [0, 0.1) is 17.6 Å². The van der Waals surface area contributed by atoms with Crippen molar-refractivity contribution in [2.24, 2.45) is 5.92 Å². The average molecular weight is 281 g/mol. The first kappa shape index (κ1) is 15.1. The highest BCUT2D eigenvalue weighted by atomic mass is 19.2. The van der Waals surface area contributed by atoms with Crippen LogP contribution in [0.1, 0.15) is 43.0 Å². The summed E-state index contributed by atoms with van der Waals surface area (Å²) >= 11 is 0. The van der Waals surface area contributed by atoms with Gasteiger partial charge in [-0.3, -0.25) is 9.69 Å². The van der Waals surface area contributed by atoms with Crippen molar-refractivity contribution in [1.29, 1.82) is 0 Å². The molecular formula is C16H21F2NO. The molecule has 2 unspecified atom stereocenters. The van der Waals surface area contributed by atoms with E-state index in [2.05, 4.69) is 6.92 Å². The molecule has 0 spiro atoms. The van der Waals surface area contributed by atoms with E-state index in [0.29, 0.717) is 12.0 Å². The number of halogens is 2. The lowest BCUT2D eigenvalue weighted by molar-refractivity contribution is 0.0850. The smallest absolute Gasteiger partial charge is 0.176 e. The molecule has 2 rings (SSSR count). The van der Waals surface area contributed by atoms with Gasteiger partial charge in [0.15, 0.2) is 17.4 Å². The first-order valence-corrected chi connectivity index (χ1v) is 7.17. The minimum Gasteiger partial charge on any atom is -0.296 e. The largest absolute Gasteiger partial charge is 0.296 e. The zero-order chi connectivity index (χ0) is 14.7. The SMILES string of the molecule is CC1CCCCC1N(C)CC(=O)c1ccc(F)c(F)c1. The lowest BCUT2D eigenvalue weighted by Gasteiger charge is -2.35. The molecule has 0 amide bonds. The molecule has 1 saturated carbocycles. The van der Waals surface area contributed by atoms with Crippen molar-refractivity contribution in [3.8, 4) is 0 Å². The number of likely N-dealkylation sites (N-methyl/N-ethyl adjacent to an activating group) is 1. The third kappa shape index (κ3) is 3.42. The van der Waals surface area contributed by atoms with Crippen LogP contribution >= 0.6 is 0 Å². The van der Waals surface area contributed by atoms with Gasteiger partial charge in [0.25, 0.3) is 0 Å². The van der Waals surface area contributed by atoms with Crippen molar-refractivity contribution in [1.82, 2.24) is 4.90 Å². The first-order chi connectivity index (χ1) is 9.49. The van der Waals surface area contributed by atoms with Gasteiger partial charge in [-0.1, -0.05) is 19.8 Å². The fourth-order valence-corrected chi connectivity index (χ4v) is 3.06. The minimum absolute atomic E-state index is 0.163. The van der Waals surface area contributed by atoms with Gasteiger partial charge in [-0.15, -0.1) is 0 Å². The number of hydrogen-bond donors (Lipinski definition) is 0. The summed E-state index contributed by atoms with van der Waals surface area (Å²) in [7, 11) is 1.93. The van der Waals surface area contributed by atoms with Crippen LogP contribution < -0.4 is 0 Å². The van der Waals surface area contributed by atoms with Crippen LogP contribution in [0.3, 0.4) is 0 Å². The maximum Gasteiger partial charge on any atom is 0.176 e. The van der Waals surface area contributed by atoms with Crippen molar-refractivity contribution < 1.29 is 13.6 Å². The summed E-state index contributed by atoms with van der Waals surface area (Å²) in [5.41, 5.74) is 0.235. The lowest BCUT2D eigenvalue weighted by Crippen LogP contribution is -2.41. The Bertz CT molecular complexity index is 489. The number of carbonyl (C=O) groups excluding carboxylic acids is 1. The van der Waals surface area contributed by atoms with Crippen molar-refractivity contribution >= 4 is 5.78 Å². The van der Waals surface area contributed by atoms with E-state index >= 15 is 0 Å². The Hall–Kier alpha value is -1.29. The third-order valence-corrected chi connectivity index (χ3v) is 4.27. The summed E-state index contributed by atoms with van der Waals surface area (Å²) in [6.07, 6.45) is 4.73. The van der Waals surface area contributed by atoms with E-state index in [0.717, 1.165) is 18.6 Å². The molecule has 0 aliphatic heterocycles. The van der Waals surface area contributed by atoms with Crippen molar-refractivity contribution in [2.45, 2.75) is 38.6 Å². The molecule has 1 aromatic rings. The predicted molar refractivity (Wildman–Crippen MR) is 74.7 cm³/mol. The molecule has 20 heavy (non-hydrogen) atoms. The molecule has 0 saturated heterocycles. The van der Waals surface area contributed by atoms with Crippen LogP contribution in [-0.4, -0.2) is 30.3 Å². The number of benzene rings is 1. The van der Waals surface area contributed by atoms with Gasteiger partial charge in [-0.25, -0.2) is 8.78 Å². The monoisotopic (exact) mass is 281 g/mol. The topological polar surface area (TPSA) is 20.3 Å². The highest BCUT2D eigenvalue weighted by molar-refractivity contribution is 5.97. The molecule has 0 aromatic heterocycles. The maximum atomic E-state index is 13.2. The molecule has 1 aliphatic rings. The van der Waals surface area contributed by atoms with E-state index in [1.165, 1.54) is 25.3 Å². The van der Waals surface area contributed by atoms with Gasteiger partial charge in [0.05, 0.1) is 6.54 Å². The quantitative estimate of drug-likeness (QED) is 0.785. The minimum atomic E-state index is -0.968. The van der Waals surface area contributed by atoms with E-state index < -0.39 is 11.6 Å². The Balaban J connectivity index is 2.01. The van der Waals surface area contributed by atoms with Crippen LogP contribution in [0.15, 0.2) is 18.2 Å². The molecular weight excluding hydrogens is 260 g/mol. The Kier molecular flexibility index (Phi) is 4.86. The Morgan fingerprint density at radius 1 is 1.25 bits per heavy atom. The second-order valence-electron chi connectivity index (χ2n) is 5.80. The number of nitrogens with zero attached hydrogens (tertiary/aromatic N) is 1. The molecule has 0 bridgehead atoms. The second-order valence-corrected chi connectivity index (χ2v) is 5.80. The summed E-state index contributed by atoms with van der Waals surface area (Å²) in [4.78, 5) is 14.2. The maximum absolute atomic E-state index is 13.2. The molecule has 0 heterocycles. The second kappa shape index (κ2) is 6.44. The van der Waals surface area contributed by atoms with Gasteiger partial charge in [0.2, 0.25) is 0 Å². The van der Waals surface area contributed by atoms with E-state index in [4.69, 9.17) is 0 Å². The zero-order valence-electron chi connectivity index (χ0n) is 12.0. The van der Waals surface area contributed by atoms with Crippen LogP contribution in [0.5, 0.6) is 0 Å². The molecule has 0 N–H and O–H groups in total. The fourth-order valence-electron chi connectivity index (χ4n) is 3.06. The van der Waals surface area contributed by atoms with Gasteiger partial charge < -0.3 is 0 Å². The number of carbonyl (C=O) groups is 1. The lowest BCUT2D eigenvalue weighted by atomic mass is 9.85. The Labute approximate surface area is 118 Å². The van der Waals surface area contributed by atoms with Crippen molar-refractivity contribution in [2.75, 3.05) is 13.6 Å². The normalized spacial score (nSPS) is 23.1. The summed E-state index contributed by atoms with van der Waals surface area (Å²) < 4.78 is 26.0. The summed E-state index contributed by atoms with van der Waals surface area (Å²) in [5.74, 6) is -1.48. The molecule has 0 radical (unpaired) electrons. The van der Waals surface area contributed by atoms with Crippen molar-refractivity contribution in [3.05, 3.63) is 35.4 Å².